The van der Waals surface area contributed by atoms with Crippen LogP contribution < -0.4 is 10.6 Å². The van der Waals surface area contributed by atoms with E-state index in [0.717, 1.165) is 39.1 Å². The number of amides is 2. The standard InChI is InChI=1S/C10H19N3O.ClH/c1-2-12-9(14)13-6-4-10(8-13)3-5-11-7-10;/h11H,2-8H2,1H3,(H,12,14);1H. The van der Waals surface area contributed by atoms with Crippen LogP contribution in [0.25, 0.3) is 0 Å². The molecule has 2 fully saturated rings. The van der Waals surface area contributed by atoms with Crippen LogP contribution in [0.1, 0.15) is 19.8 Å². The maximum Gasteiger partial charge on any atom is 0.317 e. The SMILES string of the molecule is CCNC(=O)N1CCC2(CCNC2)C1.Cl. The smallest absolute Gasteiger partial charge is 0.317 e. The highest BCUT2D eigenvalue weighted by Gasteiger charge is 2.41. The number of likely N-dealkylation sites (tertiary alicyclic amines) is 1. The number of halogens is 1. The first-order chi connectivity index (χ1) is 6.76. The molecule has 5 heteroatoms. The van der Waals surface area contributed by atoms with Crippen LogP contribution in [0.15, 0.2) is 0 Å². The number of hydrogen-bond acceptors (Lipinski definition) is 2. The van der Waals surface area contributed by atoms with E-state index in [1.54, 1.807) is 0 Å². The molecule has 0 aromatic heterocycles. The molecule has 0 aromatic rings. The van der Waals surface area contributed by atoms with Crippen LogP contribution in [0, 0.1) is 5.41 Å². The lowest BCUT2D eigenvalue weighted by Crippen LogP contribution is -2.40. The fourth-order valence-electron chi connectivity index (χ4n) is 2.52. The first-order valence-corrected chi connectivity index (χ1v) is 5.49. The van der Waals surface area contributed by atoms with Crippen LogP contribution in [0.4, 0.5) is 4.79 Å². The Hall–Kier alpha value is -0.480. The monoisotopic (exact) mass is 233 g/mol. The molecule has 0 saturated carbocycles. The summed E-state index contributed by atoms with van der Waals surface area (Å²) in [5.41, 5.74) is 0.394. The average molecular weight is 234 g/mol. The summed E-state index contributed by atoms with van der Waals surface area (Å²) in [6.07, 6.45) is 2.39. The van der Waals surface area contributed by atoms with Gasteiger partial charge in [-0.1, -0.05) is 0 Å². The molecule has 1 spiro atoms. The minimum atomic E-state index is 0. The summed E-state index contributed by atoms with van der Waals surface area (Å²) < 4.78 is 0. The summed E-state index contributed by atoms with van der Waals surface area (Å²) in [7, 11) is 0. The Morgan fingerprint density at radius 3 is 2.93 bits per heavy atom. The second kappa shape index (κ2) is 5.03. The predicted octanol–water partition coefficient (Wildman–Crippen LogP) is 0.823. The maximum atomic E-state index is 11.6. The van der Waals surface area contributed by atoms with Crippen molar-refractivity contribution in [3.05, 3.63) is 0 Å². The number of carbonyl (C=O) groups excluding carboxylic acids is 1. The molecule has 0 radical (unpaired) electrons. The molecule has 1 unspecified atom stereocenters. The number of carbonyl (C=O) groups is 1. The molecular weight excluding hydrogens is 214 g/mol. The van der Waals surface area contributed by atoms with E-state index in [4.69, 9.17) is 0 Å². The lowest BCUT2D eigenvalue weighted by Gasteiger charge is -2.22. The number of urea groups is 1. The highest BCUT2D eigenvalue weighted by molar-refractivity contribution is 5.85. The van der Waals surface area contributed by atoms with Crippen molar-refractivity contribution in [2.45, 2.75) is 19.8 Å². The second-order valence-electron chi connectivity index (χ2n) is 4.43. The Bertz CT molecular complexity index is 229. The molecule has 2 heterocycles. The second-order valence-corrected chi connectivity index (χ2v) is 4.43. The molecule has 1 atom stereocenters. The van der Waals surface area contributed by atoms with E-state index in [9.17, 15) is 4.79 Å². The third-order valence-electron chi connectivity index (χ3n) is 3.39. The number of nitrogens with one attached hydrogen (secondary N) is 2. The van der Waals surface area contributed by atoms with Gasteiger partial charge in [0.2, 0.25) is 0 Å². The molecule has 2 aliphatic rings. The van der Waals surface area contributed by atoms with Gasteiger partial charge in [-0.25, -0.2) is 4.79 Å². The summed E-state index contributed by atoms with van der Waals surface area (Å²) in [5, 5.41) is 6.25. The predicted molar refractivity (Wildman–Crippen MR) is 62.4 cm³/mol. The molecule has 2 amide bonds. The van der Waals surface area contributed by atoms with E-state index < -0.39 is 0 Å². The van der Waals surface area contributed by atoms with Gasteiger partial charge < -0.3 is 15.5 Å². The Morgan fingerprint density at radius 1 is 1.53 bits per heavy atom. The van der Waals surface area contributed by atoms with Crippen LogP contribution in [0.2, 0.25) is 0 Å². The van der Waals surface area contributed by atoms with Gasteiger partial charge in [0.15, 0.2) is 0 Å². The molecule has 2 N–H and O–H groups in total. The third-order valence-corrected chi connectivity index (χ3v) is 3.39. The largest absolute Gasteiger partial charge is 0.338 e. The van der Waals surface area contributed by atoms with E-state index >= 15 is 0 Å². The van der Waals surface area contributed by atoms with Gasteiger partial charge in [-0.15, -0.1) is 12.4 Å². The first-order valence-electron chi connectivity index (χ1n) is 5.49. The molecular formula is C10H20ClN3O. The Kier molecular flexibility index (Phi) is 4.22. The third kappa shape index (κ3) is 2.55. The summed E-state index contributed by atoms with van der Waals surface area (Å²) >= 11 is 0. The van der Waals surface area contributed by atoms with Gasteiger partial charge in [0.05, 0.1) is 0 Å². The van der Waals surface area contributed by atoms with Gasteiger partial charge in [0, 0.05) is 31.6 Å². The maximum absolute atomic E-state index is 11.6. The van der Waals surface area contributed by atoms with Gasteiger partial charge in [0.1, 0.15) is 0 Å². The number of hydrogen-bond donors (Lipinski definition) is 2. The lowest BCUT2D eigenvalue weighted by atomic mass is 9.87. The summed E-state index contributed by atoms with van der Waals surface area (Å²) in [5.74, 6) is 0. The molecule has 4 nitrogen and oxygen atoms in total. The number of rotatable bonds is 1. The van der Waals surface area contributed by atoms with E-state index in [-0.39, 0.29) is 18.4 Å². The topological polar surface area (TPSA) is 44.4 Å². The lowest BCUT2D eigenvalue weighted by molar-refractivity contribution is 0.202. The van der Waals surface area contributed by atoms with Crippen molar-refractivity contribution in [3.63, 3.8) is 0 Å². The normalized spacial score (nSPS) is 29.3. The summed E-state index contributed by atoms with van der Waals surface area (Å²) in [6.45, 7) is 6.74. The minimum absolute atomic E-state index is 0. The van der Waals surface area contributed by atoms with Crippen LogP contribution in [-0.4, -0.2) is 43.7 Å². The van der Waals surface area contributed by atoms with Crippen LogP contribution in [0.3, 0.4) is 0 Å². The van der Waals surface area contributed by atoms with Crippen molar-refractivity contribution in [2.24, 2.45) is 5.41 Å². The zero-order valence-electron chi connectivity index (χ0n) is 9.21. The van der Waals surface area contributed by atoms with Crippen LogP contribution in [-0.2, 0) is 0 Å². The Morgan fingerprint density at radius 2 is 2.33 bits per heavy atom. The highest BCUT2D eigenvalue weighted by Crippen LogP contribution is 2.35. The first kappa shape index (κ1) is 12.6. The van der Waals surface area contributed by atoms with Crippen molar-refractivity contribution in [2.75, 3.05) is 32.7 Å². The minimum Gasteiger partial charge on any atom is -0.338 e. The fraction of sp³-hybridized carbons (Fsp3) is 0.900. The van der Waals surface area contributed by atoms with Gasteiger partial charge in [-0.3, -0.25) is 0 Å². The summed E-state index contributed by atoms with van der Waals surface area (Å²) in [6, 6.07) is 0.108. The van der Waals surface area contributed by atoms with E-state index in [2.05, 4.69) is 10.6 Å². The van der Waals surface area contributed by atoms with E-state index in [0.29, 0.717) is 5.41 Å². The quantitative estimate of drug-likeness (QED) is 0.705. The van der Waals surface area contributed by atoms with Crippen molar-refractivity contribution in [1.82, 2.24) is 15.5 Å². The fourth-order valence-corrected chi connectivity index (χ4v) is 2.52. The van der Waals surface area contributed by atoms with Crippen LogP contribution >= 0.6 is 12.4 Å². The van der Waals surface area contributed by atoms with Crippen molar-refractivity contribution in [1.29, 1.82) is 0 Å². The summed E-state index contributed by atoms with van der Waals surface area (Å²) in [4.78, 5) is 13.5. The molecule has 88 valence electrons. The van der Waals surface area contributed by atoms with Crippen molar-refractivity contribution in [3.8, 4) is 0 Å². The average Bonchev–Trinajstić information content (AvgIpc) is 2.78. The van der Waals surface area contributed by atoms with Crippen molar-refractivity contribution < 1.29 is 4.79 Å². The van der Waals surface area contributed by atoms with E-state index in [1.807, 2.05) is 11.8 Å². The van der Waals surface area contributed by atoms with Crippen LogP contribution in [0.5, 0.6) is 0 Å². The van der Waals surface area contributed by atoms with Gasteiger partial charge in [-0.2, -0.15) is 0 Å². The molecule has 0 aliphatic carbocycles. The van der Waals surface area contributed by atoms with Crippen molar-refractivity contribution >= 4 is 18.4 Å². The Balaban J connectivity index is 0.00000112. The highest BCUT2D eigenvalue weighted by atomic mass is 35.5. The van der Waals surface area contributed by atoms with Gasteiger partial charge in [0.25, 0.3) is 0 Å². The van der Waals surface area contributed by atoms with E-state index in [1.165, 1.54) is 6.42 Å². The molecule has 0 bridgehead atoms. The molecule has 0 aromatic carbocycles. The number of nitrogens with zero attached hydrogens (tertiary/aromatic N) is 1. The zero-order valence-corrected chi connectivity index (χ0v) is 10.0. The molecule has 15 heavy (non-hydrogen) atoms. The molecule has 2 rings (SSSR count). The molecule has 2 aliphatic heterocycles. The van der Waals surface area contributed by atoms with Gasteiger partial charge >= 0.3 is 6.03 Å². The molecule has 2 saturated heterocycles. The van der Waals surface area contributed by atoms with Gasteiger partial charge in [-0.05, 0) is 26.3 Å². The zero-order chi connectivity index (χ0) is 10.0. The Labute approximate surface area is 97.2 Å².